The van der Waals surface area contributed by atoms with Crippen molar-refractivity contribution in [1.82, 2.24) is 10.2 Å². The standard InChI is InChI=1S/C24H29ClN2O4/c1-16(18-7-9-19(10-8-18)22(28)29)26-23(30)24(2,3)27-12-11-17(14-27)15-31-21-6-4-5-20(25)13-21/h4-10,13,16-17H,11-12,14-15H2,1-3H3,(H,26,30)(H,28,29)/t16-,17+/m0/s1. The molecule has 1 amide bonds. The van der Waals surface area contributed by atoms with Crippen LogP contribution in [0.4, 0.5) is 0 Å². The van der Waals surface area contributed by atoms with E-state index in [2.05, 4.69) is 10.2 Å². The van der Waals surface area contributed by atoms with E-state index in [0.717, 1.165) is 30.8 Å². The van der Waals surface area contributed by atoms with Gasteiger partial charge in [0.25, 0.3) is 0 Å². The van der Waals surface area contributed by atoms with Gasteiger partial charge < -0.3 is 15.2 Å². The smallest absolute Gasteiger partial charge is 0.335 e. The first-order valence-electron chi connectivity index (χ1n) is 10.4. The van der Waals surface area contributed by atoms with Crippen molar-refractivity contribution in [1.29, 1.82) is 0 Å². The van der Waals surface area contributed by atoms with Crippen LogP contribution in [0.1, 0.15) is 49.2 Å². The molecule has 2 N–H and O–H groups in total. The molecule has 0 aromatic heterocycles. The molecule has 6 nitrogen and oxygen atoms in total. The van der Waals surface area contributed by atoms with Crippen LogP contribution in [0.15, 0.2) is 48.5 Å². The second-order valence-corrected chi connectivity index (χ2v) is 8.99. The number of rotatable bonds is 8. The number of hydrogen-bond donors (Lipinski definition) is 2. The minimum Gasteiger partial charge on any atom is -0.493 e. The molecule has 1 aliphatic rings. The van der Waals surface area contributed by atoms with Gasteiger partial charge in [-0.2, -0.15) is 0 Å². The number of likely N-dealkylation sites (tertiary alicyclic amines) is 1. The summed E-state index contributed by atoms with van der Waals surface area (Å²) in [7, 11) is 0. The fourth-order valence-corrected chi connectivity index (χ4v) is 3.94. The second kappa shape index (κ2) is 9.71. The molecule has 2 aromatic carbocycles. The van der Waals surface area contributed by atoms with Gasteiger partial charge in [-0.25, -0.2) is 4.79 Å². The Hall–Kier alpha value is -2.57. The molecule has 0 bridgehead atoms. The third-order valence-corrected chi connectivity index (χ3v) is 6.15. The highest BCUT2D eigenvalue weighted by Gasteiger charge is 2.39. The SMILES string of the molecule is C[C@H](NC(=O)C(C)(C)N1CC[C@@H](COc2cccc(Cl)c2)C1)c1ccc(C(=O)O)cc1. The lowest BCUT2D eigenvalue weighted by molar-refractivity contribution is -0.131. The van der Waals surface area contributed by atoms with E-state index in [1.54, 1.807) is 30.3 Å². The van der Waals surface area contributed by atoms with Crippen molar-refractivity contribution in [2.75, 3.05) is 19.7 Å². The topological polar surface area (TPSA) is 78.9 Å². The molecule has 0 unspecified atom stereocenters. The quantitative estimate of drug-likeness (QED) is 0.631. The molecule has 7 heteroatoms. The number of carbonyl (C=O) groups excluding carboxylic acids is 1. The maximum absolute atomic E-state index is 13.0. The molecule has 166 valence electrons. The number of ether oxygens (including phenoxy) is 1. The van der Waals surface area contributed by atoms with Crippen LogP contribution in [-0.4, -0.2) is 47.1 Å². The van der Waals surface area contributed by atoms with E-state index in [9.17, 15) is 9.59 Å². The normalized spacial score (nSPS) is 17.9. The van der Waals surface area contributed by atoms with Crippen molar-refractivity contribution in [3.63, 3.8) is 0 Å². The summed E-state index contributed by atoms with van der Waals surface area (Å²) in [4.78, 5) is 26.2. The predicted octanol–water partition coefficient (Wildman–Crippen LogP) is 4.39. The summed E-state index contributed by atoms with van der Waals surface area (Å²) in [5.74, 6) is 0.0729. The van der Waals surface area contributed by atoms with Crippen LogP contribution < -0.4 is 10.1 Å². The Morgan fingerprint density at radius 2 is 1.97 bits per heavy atom. The average Bonchev–Trinajstić information content (AvgIpc) is 3.22. The number of amides is 1. The highest BCUT2D eigenvalue weighted by atomic mass is 35.5. The van der Waals surface area contributed by atoms with Gasteiger partial charge in [0.1, 0.15) is 5.75 Å². The number of nitrogens with zero attached hydrogens (tertiary/aromatic N) is 1. The van der Waals surface area contributed by atoms with Gasteiger partial charge in [0.2, 0.25) is 5.91 Å². The first-order chi connectivity index (χ1) is 14.7. The Bertz CT molecular complexity index is 929. The maximum Gasteiger partial charge on any atom is 0.335 e. The van der Waals surface area contributed by atoms with Gasteiger partial charge >= 0.3 is 5.97 Å². The fourth-order valence-electron chi connectivity index (χ4n) is 3.76. The molecular formula is C24H29ClN2O4. The zero-order chi connectivity index (χ0) is 22.6. The monoisotopic (exact) mass is 444 g/mol. The number of halogens is 1. The number of nitrogens with one attached hydrogen (secondary N) is 1. The number of aromatic carboxylic acids is 1. The van der Waals surface area contributed by atoms with Gasteiger partial charge in [0, 0.05) is 17.5 Å². The number of benzene rings is 2. The van der Waals surface area contributed by atoms with Gasteiger partial charge in [0.05, 0.1) is 23.8 Å². The van der Waals surface area contributed by atoms with E-state index < -0.39 is 11.5 Å². The summed E-state index contributed by atoms with van der Waals surface area (Å²) in [5, 5.41) is 12.7. The van der Waals surface area contributed by atoms with Gasteiger partial charge in [-0.15, -0.1) is 0 Å². The van der Waals surface area contributed by atoms with E-state index in [0.29, 0.717) is 17.5 Å². The van der Waals surface area contributed by atoms with Crippen molar-refractivity contribution in [2.45, 2.75) is 38.8 Å². The van der Waals surface area contributed by atoms with Crippen LogP contribution in [0.25, 0.3) is 0 Å². The lowest BCUT2D eigenvalue weighted by Gasteiger charge is -2.35. The van der Waals surface area contributed by atoms with Crippen LogP contribution in [0.2, 0.25) is 5.02 Å². The van der Waals surface area contributed by atoms with Gasteiger partial charge in [0.15, 0.2) is 0 Å². The minimum absolute atomic E-state index is 0.0567. The fraction of sp³-hybridized carbons (Fsp3) is 0.417. The summed E-state index contributed by atoms with van der Waals surface area (Å²) in [6.07, 6.45) is 0.962. The zero-order valence-electron chi connectivity index (χ0n) is 18.1. The third kappa shape index (κ3) is 5.77. The number of carboxylic acids is 1. The molecule has 2 aromatic rings. The molecule has 3 rings (SSSR count). The molecule has 0 radical (unpaired) electrons. The number of carboxylic acid groups (broad SMARTS) is 1. The van der Waals surface area contributed by atoms with Crippen molar-refractivity contribution in [3.8, 4) is 5.75 Å². The van der Waals surface area contributed by atoms with E-state index in [1.807, 2.05) is 39.0 Å². The summed E-state index contributed by atoms with van der Waals surface area (Å²) in [6, 6.07) is 13.7. The molecule has 0 aliphatic carbocycles. The third-order valence-electron chi connectivity index (χ3n) is 5.92. The Labute approximate surface area is 188 Å². The molecule has 0 spiro atoms. The molecule has 1 fully saturated rings. The van der Waals surface area contributed by atoms with E-state index in [-0.39, 0.29) is 17.5 Å². The van der Waals surface area contributed by atoms with E-state index >= 15 is 0 Å². The van der Waals surface area contributed by atoms with E-state index in [4.69, 9.17) is 21.4 Å². The molecule has 0 saturated carbocycles. The molecule has 2 atom stereocenters. The Morgan fingerprint density at radius 3 is 2.61 bits per heavy atom. The highest BCUT2D eigenvalue weighted by Crippen LogP contribution is 2.27. The summed E-state index contributed by atoms with van der Waals surface area (Å²) >= 11 is 6.01. The molecule has 1 heterocycles. The molecule has 1 saturated heterocycles. The molecular weight excluding hydrogens is 416 g/mol. The van der Waals surface area contributed by atoms with Crippen LogP contribution in [0, 0.1) is 5.92 Å². The Morgan fingerprint density at radius 1 is 1.26 bits per heavy atom. The minimum atomic E-state index is -0.965. The average molecular weight is 445 g/mol. The van der Waals surface area contributed by atoms with Crippen LogP contribution >= 0.6 is 11.6 Å². The Kier molecular flexibility index (Phi) is 7.23. The molecule has 1 aliphatic heterocycles. The van der Waals surface area contributed by atoms with Crippen LogP contribution in [0.5, 0.6) is 5.75 Å². The van der Waals surface area contributed by atoms with E-state index in [1.165, 1.54) is 0 Å². The first-order valence-corrected chi connectivity index (χ1v) is 10.8. The largest absolute Gasteiger partial charge is 0.493 e. The first kappa shape index (κ1) is 23.1. The predicted molar refractivity (Wildman–Crippen MR) is 121 cm³/mol. The lowest BCUT2D eigenvalue weighted by atomic mass is 9.99. The lowest BCUT2D eigenvalue weighted by Crippen LogP contribution is -2.54. The number of hydrogen-bond acceptors (Lipinski definition) is 4. The van der Waals surface area contributed by atoms with Crippen LogP contribution in [0.3, 0.4) is 0 Å². The zero-order valence-corrected chi connectivity index (χ0v) is 18.9. The molecule has 31 heavy (non-hydrogen) atoms. The highest BCUT2D eigenvalue weighted by molar-refractivity contribution is 6.30. The number of carbonyl (C=O) groups is 2. The van der Waals surface area contributed by atoms with Crippen molar-refractivity contribution in [2.24, 2.45) is 5.92 Å². The van der Waals surface area contributed by atoms with Gasteiger partial charge in [-0.1, -0.05) is 29.8 Å². The van der Waals surface area contributed by atoms with Crippen molar-refractivity contribution < 1.29 is 19.4 Å². The second-order valence-electron chi connectivity index (χ2n) is 8.55. The maximum atomic E-state index is 13.0. The van der Waals surface area contributed by atoms with Crippen molar-refractivity contribution >= 4 is 23.5 Å². The Balaban J connectivity index is 1.54. The summed E-state index contributed by atoms with van der Waals surface area (Å²) < 4.78 is 5.89. The van der Waals surface area contributed by atoms with Gasteiger partial charge in [-0.05, 0) is 69.6 Å². The van der Waals surface area contributed by atoms with Gasteiger partial charge in [-0.3, -0.25) is 9.69 Å². The van der Waals surface area contributed by atoms with Crippen LogP contribution in [-0.2, 0) is 4.79 Å². The summed E-state index contributed by atoms with van der Waals surface area (Å²) in [5.41, 5.74) is 0.425. The summed E-state index contributed by atoms with van der Waals surface area (Å²) in [6.45, 7) is 7.95. The van der Waals surface area contributed by atoms with Crippen molar-refractivity contribution in [3.05, 3.63) is 64.7 Å².